The standard InChI is InChI=1S/C12H22O2/c1-7-9(6-13)11(4)10(7,3)8(2)12(11,5)14/h7-9,13-14H,6H2,1-5H3. The molecule has 6 unspecified atom stereocenters. The van der Waals surface area contributed by atoms with Crippen molar-refractivity contribution < 1.29 is 10.2 Å². The maximum Gasteiger partial charge on any atom is 0.0712 e. The van der Waals surface area contributed by atoms with Crippen molar-refractivity contribution in [3.8, 4) is 0 Å². The van der Waals surface area contributed by atoms with Crippen molar-refractivity contribution in [2.75, 3.05) is 6.61 Å². The molecule has 0 aliphatic heterocycles. The van der Waals surface area contributed by atoms with Gasteiger partial charge in [-0.1, -0.05) is 27.7 Å². The van der Waals surface area contributed by atoms with Crippen molar-refractivity contribution in [2.24, 2.45) is 28.6 Å². The monoisotopic (exact) mass is 198 g/mol. The van der Waals surface area contributed by atoms with Crippen LogP contribution < -0.4 is 0 Å². The van der Waals surface area contributed by atoms with E-state index in [9.17, 15) is 10.2 Å². The molecular formula is C12H22O2. The Morgan fingerprint density at radius 2 is 1.64 bits per heavy atom. The number of fused-ring (bicyclic) bond motifs is 1. The fraction of sp³-hybridized carbons (Fsp3) is 1.00. The van der Waals surface area contributed by atoms with Crippen LogP contribution in [0.15, 0.2) is 0 Å². The van der Waals surface area contributed by atoms with Crippen molar-refractivity contribution in [1.82, 2.24) is 0 Å². The Morgan fingerprint density at radius 3 is 2.07 bits per heavy atom. The van der Waals surface area contributed by atoms with E-state index >= 15 is 0 Å². The van der Waals surface area contributed by atoms with Crippen LogP contribution in [0, 0.1) is 28.6 Å². The molecule has 0 bridgehead atoms. The lowest BCUT2D eigenvalue weighted by Crippen LogP contribution is -2.85. The Hall–Kier alpha value is -0.0800. The third-order valence-corrected chi connectivity index (χ3v) is 6.40. The van der Waals surface area contributed by atoms with Gasteiger partial charge in [0.05, 0.1) is 5.60 Å². The van der Waals surface area contributed by atoms with Crippen LogP contribution in [0.1, 0.15) is 34.6 Å². The molecule has 82 valence electrons. The molecule has 2 aliphatic carbocycles. The van der Waals surface area contributed by atoms with Crippen LogP contribution in [0.2, 0.25) is 0 Å². The fourth-order valence-corrected chi connectivity index (χ4v) is 4.76. The highest BCUT2D eigenvalue weighted by Gasteiger charge is 2.82. The van der Waals surface area contributed by atoms with Crippen LogP contribution in [-0.2, 0) is 0 Å². The highest BCUT2D eigenvalue weighted by molar-refractivity contribution is 5.30. The summed E-state index contributed by atoms with van der Waals surface area (Å²) in [5.74, 6) is 1.12. The second kappa shape index (κ2) is 2.35. The third-order valence-electron chi connectivity index (χ3n) is 6.40. The van der Waals surface area contributed by atoms with Crippen LogP contribution in [0.3, 0.4) is 0 Å². The van der Waals surface area contributed by atoms with Gasteiger partial charge < -0.3 is 10.2 Å². The number of aliphatic hydroxyl groups excluding tert-OH is 1. The van der Waals surface area contributed by atoms with Crippen molar-refractivity contribution in [3.63, 3.8) is 0 Å². The summed E-state index contributed by atoms with van der Waals surface area (Å²) in [5, 5.41) is 19.8. The number of aliphatic hydroxyl groups is 2. The quantitative estimate of drug-likeness (QED) is 0.672. The van der Waals surface area contributed by atoms with Gasteiger partial charge in [0.25, 0.3) is 0 Å². The lowest BCUT2D eigenvalue weighted by atomic mass is 9.22. The molecule has 0 spiro atoms. The average molecular weight is 198 g/mol. The summed E-state index contributed by atoms with van der Waals surface area (Å²) in [6.45, 7) is 10.9. The molecule has 0 aromatic carbocycles. The van der Waals surface area contributed by atoms with Gasteiger partial charge in [-0.3, -0.25) is 0 Å². The van der Waals surface area contributed by atoms with Crippen molar-refractivity contribution >= 4 is 0 Å². The largest absolute Gasteiger partial charge is 0.396 e. The van der Waals surface area contributed by atoms with Crippen molar-refractivity contribution in [2.45, 2.75) is 40.2 Å². The van der Waals surface area contributed by atoms with Gasteiger partial charge in [-0.25, -0.2) is 0 Å². The first-order valence-electron chi connectivity index (χ1n) is 5.59. The molecule has 0 amide bonds. The minimum absolute atomic E-state index is 0.0897. The number of hydrogen-bond donors (Lipinski definition) is 2. The molecule has 2 rings (SSSR count). The van der Waals surface area contributed by atoms with Gasteiger partial charge in [0, 0.05) is 12.0 Å². The minimum atomic E-state index is -0.609. The molecule has 2 saturated carbocycles. The predicted molar refractivity (Wildman–Crippen MR) is 55.7 cm³/mol. The maximum atomic E-state index is 10.4. The first-order valence-corrected chi connectivity index (χ1v) is 5.59. The highest BCUT2D eigenvalue weighted by atomic mass is 16.3. The van der Waals surface area contributed by atoms with Gasteiger partial charge in [0.2, 0.25) is 0 Å². The molecule has 6 atom stereocenters. The van der Waals surface area contributed by atoms with Gasteiger partial charge in [-0.2, -0.15) is 0 Å². The van der Waals surface area contributed by atoms with Gasteiger partial charge in [-0.15, -0.1) is 0 Å². The molecule has 2 aliphatic rings. The molecule has 0 heterocycles. The zero-order valence-corrected chi connectivity index (χ0v) is 9.83. The predicted octanol–water partition coefficient (Wildman–Crippen LogP) is 1.66. The summed E-state index contributed by atoms with van der Waals surface area (Å²) in [4.78, 5) is 0. The first-order chi connectivity index (χ1) is 6.26. The van der Waals surface area contributed by atoms with Crippen LogP contribution >= 0.6 is 0 Å². The van der Waals surface area contributed by atoms with Gasteiger partial charge >= 0.3 is 0 Å². The Kier molecular flexibility index (Phi) is 1.76. The summed E-state index contributed by atoms with van der Waals surface area (Å²) >= 11 is 0. The molecule has 2 heteroatoms. The van der Waals surface area contributed by atoms with E-state index in [2.05, 4.69) is 27.7 Å². The molecule has 2 fully saturated rings. The second-order valence-electron chi connectivity index (χ2n) is 5.93. The average Bonchev–Trinajstić information content (AvgIpc) is 2.15. The van der Waals surface area contributed by atoms with Gasteiger partial charge in [0.15, 0.2) is 0 Å². The minimum Gasteiger partial charge on any atom is -0.396 e. The molecule has 2 N–H and O–H groups in total. The highest BCUT2D eigenvalue weighted by Crippen LogP contribution is 2.81. The zero-order chi connectivity index (χ0) is 10.9. The molecule has 0 aromatic rings. The molecular weight excluding hydrogens is 176 g/mol. The summed E-state index contributed by atoms with van der Waals surface area (Å²) in [6.07, 6.45) is 0. The van der Waals surface area contributed by atoms with Crippen LogP contribution in [-0.4, -0.2) is 22.4 Å². The van der Waals surface area contributed by atoms with Crippen molar-refractivity contribution in [1.29, 1.82) is 0 Å². The maximum absolute atomic E-state index is 10.4. The smallest absolute Gasteiger partial charge is 0.0712 e. The summed E-state index contributed by atoms with van der Waals surface area (Å²) in [5.41, 5.74) is -0.487. The van der Waals surface area contributed by atoms with E-state index in [1.54, 1.807) is 0 Å². The third kappa shape index (κ3) is 0.619. The molecule has 14 heavy (non-hydrogen) atoms. The summed E-state index contributed by atoms with van der Waals surface area (Å²) < 4.78 is 0. The molecule has 2 nitrogen and oxygen atoms in total. The first kappa shape index (κ1) is 10.4. The van der Waals surface area contributed by atoms with E-state index < -0.39 is 5.60 Å². The lowest BCUT2D eigenvalue weighted by molar-refractivity contribution is -0.410. The summed E-state index contributed by atoms with van der Waals surface area (Å²) in [6, 6.07) is 0. The molecule has 0 saturated heterocycles. The normalized spacial score (nSPS) is 66.6. The van der Waals surface area contributed by atoms with E-state index in [1.807, 2.05) is 6.92 Å². The van der Waals surface area contributed by atoms with E-state index in [0.29, 0.717) is 11.8 Å². The van der Waals surface area contributed by atoms with Crippen LogP contribution in [0.25, 0.3) is 0 Å². The molecule has 0 aromatic heterocycles. The zero-order valence-electron chi connectivity index (χ0n) is 9.83. The van der Waals surface area contributed by atoms with E-state index in [4.69, 9.17) is 0 Å². The second-order valence-corrected chi connectivity index (χ2v) is 5.93. The Bertz CT molecular complexity index is 273. The van der Waals surface area contributed by atoms with E-state index in [-0.39, 0.29) is 23.4 Å². The topological polar surface area (TPSA) is 40.5 Å². The Labute approximate surface area is 86.3 Å². The van der Waals surface area contributed by atoms with Crippen LogP contribution in [0.5, 0.6) is 0 Å². The SMILES string of the molecule is CC1C(CO)C2(C)C(C)(O)C(C)C12C. The molecule has 0 radical (unpaired) electrons. The number of hydrogen-bond acceptors (Lipinski definition) is 2. The van der Waals surface area contributed by atoms with Crippen LogP contribution in [0.4, 0.5) is 0 Å². The van der Waals surface area contributed by atoms with Crippen molar-refractivity contribution in [3.05, 3.63) is 0 Å². The lowest BCUT2D eigenvalue weighted by Gasteiger charge is -2.83. The Balaban J connectivity index is 2.39. The Morgan fingerprint density at radius 1 is 1.14 bits per heavy atom. The van der Waals surface area contributed by atoms with Gasteiger partial charge in [0.1, 0.15) is 0 Å². The van der Waals surface area contributed by atoms with E-state index in [1.165, 1.54) is 0 Å². The van der Waals surface area contributed by atoms with Gasteiger partial charge in [-0.05, 0) is 30.1 Å². The van der Waals surface area contributed by atoms with E-state index in [0.717, 1.165) is 0 Å². The fourth-order valence-electron chi connectivity index (χ4n) is 4.76. The number of rotatable bonds is 1. The summed E-state index contributed by atoms with van der Waals surface area (Å²) in [7, 11) is 0.